The van der Waals surface area contributed by atoms with E-state index in [0.717, 1.165) is 11.3 Å². The minimum atomic E-state index is -0.454. The molecule has 3 rings (SSSR count). The van der Waals surface area contributed by atoms with Crippen molar-refractivity contribution < 1.29 is 9.72 Å². The van der Waals surface area contributed by atoms with Gasteiger partial charge in [-0.3, -0.25) is 14.9 Å². The highest BCUT2D eigenvalue weighted by Gasteiger charge is 2.15. The van der Waals surface area contributed by atoms with E-state index in [0.29, 0.717) is 16.8 Å². The summed E-state index contributed by atoms with van der Waals surface area (Å²) >= 11 is 1.73. The molecule has 5 nitrogen and oxygen atoms in total. The Kier molecular flexibility index (Phi) is 5.88. The number of thioether (sulfide) groups is 1. The highest BCUT2D eigenvalue weighted by atomic mass is 32.2. The van der Waals surface area contributed by atoms with Gasteiger partial charge < -0.3 is 5.32 Å². The summed E-state index contributed by atoms with van der Waals surface area (Å²) in [6, 6.07) is 22.1. The van der Waals surface area contributed by atoms with Gasteiger partial charge in [0.1, 0.15) is 0 Å². The fourth-order valence-electron chi connectivity index (χ4n) is 2.59. The second kappa shape index (κ2) is 8.51. The van der Waals surface area contributed by atoms with Gasteiger partial charge in [0.15, 0.2) is 0 Å². The Balaban J connectivity index is 1.66. The van der Waals surface area contributed by atoms with E-state index in [1.807, 2.05) is 30.3 Å². The molecule has 136 valence electrons. The van der Waals surface area contributed by atoms with Crippen LogP contribution in [-0.2, 0) is 5.75 Å². The number of amides is 1. The van der Waals surface area contributed by atoms with Crippen molar-refractivity contribution in [2.45, 2.75) is 17.6 Å². The van der Waals surface area contributed by atoms with Crippen LogP contribution in [0.3, 0.4) is 0 Å². The van der Waals surface area contributed by atoms with Crippen molar-refractivity contribution in [1.82, 2.24) is 0 Å². The van der Waals surface area contributed by atoms with Gasteiger partial charge >= 0.3 is 0 Å². The SMILES string of the molecule is Cc1c(NC(=O)c2ccc(CSc3ccccc3)cc2)cccc1[N+](=O)[O-]. The van der Waals surface area contributed by atoms with Crippen molar-refractivity contribution in [3.05, 3.63) is 99.6 Å². The van der Waals surface area contributed by atoms with E-state index in [9.17, 15) is 14.9 Å². The molecule has 6 heteroatoms. The lowest BCUT2D eigenvalue weighted by atomic mass is 10.1. The summed E-state index contributed by atoms with van der Waals surface area (Å²) < 4.78 is 0. The van der Waals surface area contributed by atoms with Crippen LogP contribution in [0.2, 0.25) is 0 Å². The summed E-state index contributed by atoms with van der Waals surface area (Å²) in [5.41, 5.74) is 2.49. The Bertz CT molecular complexity index is 957. The molecule has 0 radical (unpaired) electrons. The molecule has 0 spiro atoms. The van der Waals surface area contributed by atoms with Crippen LogP contribution in [0.15, 0.2) is 77.7 Å². The number of carbonyl (C=O) groups excluding carboxylic acids is 1. The first kappa shape index (κ1) is 18.7. The smallest absolute Gasteiger partial charge is 0.274 e. The topological polar surface area (TPSA) is 72.2 Å². The van der Waals surface area contributed by atoms with Gasteiger partial charge in [0.2, 0.25) is 0 Å². The zero-order valence-electron chi connectivity index (χ0n) is 14.7. The van der Waals surface area contributed by atoms with Gasteiger partial charge in [-0.15, -0.1) is 11.8 Å². The Morgan fingerprint density at radius 1 is 1.00 bits per heavy atom. The molecule has 27 heavy (non-hydrogen) atoms. The second-order valence-corrected chi connectivity index (χ2v) is 7.01. The third-order valence-corrected chi connectivity index (χ3v) is 5.20. The zero-order chi connectivity index (χ0) is 19.2. The Morgan fingerprint density at radius 2 is 1.70 bits per heavy atom. The molecule has 0 atom stereocenters. The third kappa shape index (κ3) is 4.74. The summed E-state index contributed by atoms with van der Waals surface area (Å²) in [5.74, 6) is 0.525. The lowest BCUT2D eigenvalue weighted by Gasteiger charge is -2.09. The number of nitrogens with one attached hydrogen (secondary N) is 1. The van der Waals surface area contributed by atoms with E-state index in [-0.39, 0.29) is 11.6 Å². The van der Waals surface area contributed by atoms with Crippen LogP contribution in [0, 0.1) is 17.0 Å². The molecule has 3 aromatic carbocycles. The minimum Gasteiger partial charge on any atom is -0.321 e. The molecule has 0 bridgehead atoms. The van der Waals surface area contributed by atoms with E-state index in [1.54, 1.807) is 43.0 Å². The van der Waals surface area contributed by atoms with Gasteiger partial charge in [0.25, 0.3) is 11.6 Å². The Hall–Kier alpha value is -3.12. The molecule has 0 aliphatic carbocycles. The van der Waals surface area contributed by atoms with Crippen LogP contribution in [0.25, 0.3) is 0 Å². The number of nitro benzene ring substituents is 1. The maximum absolute atomic E-state index is 12.5. The molecule has 0 saturated carbocycles. The van der Waals surface area contributed by atoms with E-state index >= 15 is 0 Å². The molecule has 1 N–H and O–H groups in total. The summed E-state index contributed by atoms with van der Waals surface area (Å²) in [6.45, 7) is 1.62. The average molecular weight is 378 g/mol. The molecule has 0 fully saturated rings. The van der Waals surface area contributed by atoms with Crippen LogP contribution in [0.4, 0.5) is 11.4 Å². The van der Waals surface area contributed by atoms with Gasteiger partial charge in [0, 0.05) is 22.3 Å². The monoisotopic (exact) mass is 378 g/mol. The highest BCUT2D eigenvalue weighted by molar-refractivity contribution is 7.98. The molecular weight excluding hydrogens is 360 g/mol. The van der Waals surface area contributed by atoms with Gasteiger partial charge in [-0.2, -0.15) is 0 Å². The fraction of sp³-hybridized carbons (Fsp3) is 0.0952. The first-order valence-electron chi connectivity index (χ1n) is 8.37. The average Bonchev–Trinajstić information content (AvgIpc) is 2.69. The number of hydrogen-bond donors (Lipinski definition) is 1. The van der Waals surface area contributed by atoms with E-state index < -0.39 is 4.92 Å². The van der Waals surface area contributed by atoms with Crippen LogP contribution >= 0.6 is 11.8 Å². The molecule has 0 aromatic heterocycles. The fourth-order valence-corrected chi connectivity index (χ4v) is 3.46. The summed E-state index contributed by atoms with van der Waals surface area (Å²) in [7, 11) is 0. The first-order valence-corrected chi connectivity index (χ1v) is 9.35. The van der Waals surface area contributed by atoms with Gasteiger partial charge in [-0.25, -0.2) is 0 Å². The van der Waals surface area contributed by atoms with Crippen LogP contribution in [0.1, 0.15) is 21.5 Å². The number of anilines is 1. The van der Waals surface area contributed by atoms with Crippen molar-refractivity contribution in [3.63, 3.8) is 0 Å². The number of carbonyl (C=O) groups is 1. The molecule has 0 aliphatic rings. The van der Waals surface area contributed by atoms with Crippen LogP contribution in [0.5, 0.6) is 0 Å². The van der Waals surface area contributed by atoms with Gasteiger partial charge in [0.05, 0.1) is 16.2 Å². The second-order valence-electron chi connectivity index (χ2n) is 5.96. The molecule has 0 unspecified atom stereocenters. The lowest BCUT2D eigenvalue weighted by Crippen LogP contribution is -2.13. The lowest BCUT2D eigenvalue weighted by molar-refractivity contribution is -0.385. The normalized spacial score (nSPS) is 10.4. The molecule has 0 saturated heterocycles. The molecule has 3 aromatic rings. The number of nitro groups is 1. The quantitative estimate of drug-likeness (QED) is 0.352. The molecule has 1 amide bonds. The molecule has 0 aliphatic heterocycles. The van der Waals surface area contributed by atoms with Gasteiger partial charge in [-0.05, 0) is 42.8 Å². The molecular formula is C21H18N2O3S. The Morgan fingerprint density at radius 3 is 2.37 bits per heavy atom. The largest absolute Gasteiger partial charge is 0.321 e. The van der Waals surface area contributed by atoms with Gasteiger partial charge in [-0.1, -0.05) is 36.4 Å². The maximum atomic E-state index is 12.5. The Labute approximate surface area is 161 Å². The van der Waals surface area contributed by atoms with Crippen molar-refractivity contribution >= 4 is 29.0 Å². The first-order chi connectivity index (χ1) is 13.0. The maximum Gasteiger partial charge on any atom is 0.274 e. The van der Waals surface area contributed by atoms with E-state index in [2.05, 4.69) is 17.4 Å². The van der Waals surface area contributed by atoms with Crippen LogP contribution in [-0.4, -0.2) is 10.8 Å². The summed E-state index contributed by atoms with van der Waals surface area (Å²) in [6.07, 6.45) is 0. The minimum absolute atomic E-state index is 0.0129. The van der Waals surface area contributed by atoms with Crippen molar-refractivity contribution in [3.8, 4) is 0 Å². The van der Waals surface area contributed by atoms with Crippen molar-refractivity contribution in [2.24, 2.45) is 0 Å². The number of benzene rings is 3. The third-order valence-electron chi connectivity index (χ3n) is 4.11. The standard InChI is InChI=1S/C21H18N2O3S/c1-15-19(8-5-9-20(15)23(25)26)22-21(24)17-12-10-16(11-13-17)14-27-18-6-3-2-4-7-18/h2-13H,14H2,1H3,(H,22,24). The van der Waals surface area contributed by atoms with Crippen LogP contribution < -0.4 is 5.32 Å². The number of rotatable bonds is 6. The summed E-state index contributed by atoms with van der Waals surface area (Å²) in [4.78, 5) is 24.2. The van der Waals surface area contributed by atoms with Crippen molar-refractivity contribution in [2.75, 3.05) is 5.32 Å². The molecule has 0 heterocycles. The van der Waals surface area contributed by atoms with E-state index in [1.165, 1.54) is 11.0 Å². The summed E-state index contributed by atoms with van der Waals surface area (Å²) in [5, 5.41) is 13.8. The predicted octanol–water partition coefficient (Wildman–Crippen LogP) is 5.45. The zero-order valence-corrected chi connectivity index (χ0v) is 15.5. The van der Waals surface area contributed by atoms with Crippen molar-refractivity contribution in [1.29, 1.82) is 0 Å². The van der Waals surface area contributed by atoms with E-state index in [4.69, 9.17) is 0 Å². The highest BCUT2D eigenvalue weighted by Crippen LogP contribution is 2.26. The number of hydrogen-bond acceptors (Lipinski definition) is 4. The number of nitrogens with zero attached hydrogens (tertiary/aromatic N) is 1. The predicted molar refractivity (Wildman–Crippen MR) is 108 cm³/mol.